The zero-order valence-electron chi connectivity index (χ0n) is 18.2. The number of carbonyl (C=O) groups excluding carboxylic acids is 2. The minimum atomic E-state index is -4.88. The molecule has 14 heteroatoms. The molecule has 3 aromatic rings. The fourth-order valence-corrected chi connectivity index (χ4v) is 6.81. The molecule has 0 aliphatic heterocycles. The maximum absolute atomic E-state index is 13.2. The number of methoxy groups -OCH3 is 1. The van der Waals surface area contributed by atoms with Crippen LogP contribution in [-0.4, -0.2) is 48.0 Å². The molecule has 0 amide bonds. The van der Waals surface area contributed by atoms with Gasteiger partial charge in [0.2, 0.25) is 0 Å². The van der Waals surface area contributed by atoms with Crippen LogP contribution in [0.4, 0.5) is 18.9 Å². The molecule has 1 N–H and O–H groups in total. The fraction of sp³-hybridized carbons (Fsp3) is 0.136. The normalized spacial score (nSPS) is 12.1. The van der Waals surface area contributed by atoms with Crippen molar-refractivity contribution < 1.29 is 35.9 Å². The number of nitrogens with one attached hydrogen (secondary N) is 1. The molecular formula is C22H16AsCl2F3N2O5S. The Hall–Kier alpha value is -2.59. The first-order chi connectivity index (χ1) is 16.8. The first-order valence-electron chi connectivity index (χ1n) is 9.83. The summed E-state index contributed by atoms with van der Waals surface area (Å²) in [4.78, 5) is 28.1. The van der Waals surface area contributed by atoms with E-state index in [-0.39, 0.29) is 21.6 Å². The molecule has 1 atom stereocenters. The zero-order valence-corrected chi connectivity index (χ0v) is 22.6. The number of rotatable bonds is 8. The molecule has 1 unspecified atom stereocenters. The monoisotopic (exact) mass is 622 g/mol. The van der Waals surface area contributed by atoms with Crippen LogP contribution in [0, 0.1) is 0 Å². The summed E-state index contributed by atoms with van der Waals surface area (Å²) in [5, 5.41) is -0.724. The van der Waals surface area contributed by atoms with Gasteiger partial charge in [-0.25, -0.2) is 0 Å². The SMILES string of the molecule is COC(=O)c1ccccc1[AsH]CC(=O)c1ncc(Cl)cc1NS(=O)(=O)c1ccc(Cl)c(C(F)(F)F)c1. The zero-order chi connectivity index (χ0) is 26.7. The van der Waals surface area contributed by atoms with E-state index in [0.717, 1.165) is 24.4 Å². The second-order valence-electron chi connectivity index (χ2n) is 7.11. The van der Waals surface area contributed by atoms with Crippen LogP contribution in [0.2, 0.25) is 15.3 Å². The van der Waals surface area contributed by atoms with Crippen molar-refractivity contribution in [1.29, 1.82) is 0 Å². The van der Waals surface area contributed by atoms with Gasteiger partial charge in [-0.2, -0.15) is 0 Å². The van der Waals surface area contributed by atoms with Gasteiger partial charge in [-0.05, 0) is 0 Å². The van der Waals surface area contributed by atoms with Crippen LogP contribution < -0.4 is 9.07 Å². The van der Waals surface area contributed by atoms with Gasteiger partial charge in [0.25, 0.3) is 0 Å². The summed E-state index contributed by atoms with van der Waals surface area (Å²) in [5.41, 5.74) is -1.58. The number of ether oxygens (including phenoxy) is 1. The van der Waals surface area contributed by atoms with Gasteiger partial charge >= 0.3 is 221 Å². The molecule has 0 radical (unpaired) electrons. The van der Waals surface area contributed by atoms with Gasteiger partial charge in [0.1, 0.15) is 0 Å². The Morgan fingerprint density at radius 2 is 1.81 bits per heavy atom. The predicted octanol–water partition coefficient (Wildman–Crippen LogP) is 4.36. The summed E-state index contributed by atoms with van der Waals surface area (Å²) in [5.74, 6) is -1.10. The Morgan fingerprint density at radius 1 is 1.11 bits per heavy atom. The van der Waals surface area contributed by atoms with E-state index in [0.29, 0.717) is 16.0 Å². The van der Waals surface area contributed by atoms with Crippen molar-refractivity contribution in [3.8, 4) is 0 Å². The Labute approximate surface area is 220 Å². The molecule has 1 aromatic heterocycles. The van der Waals surface area contributed by atoms with Gasteiger partial charge in [-0.15, -0.1) is 0 Å². The molecule has 7 nitrogen and oxygen atoms in total. The standard InChI is InChI=1S/C22H16AsCl2F3N2O5S/c1-35-21(32)14-4-2-3-5-16(14)23-10-19(31)20-18(8-12(24)11-29-20)30-36(33,34)13-6-7-17(25)15(9-13)22(26,27)28/h2-9,11,23,30H,10H2,1H3. The number of hydrogen-bond acceptors (Lipinski definition) is 6. The summed E-state index contributed by atoms with van der Waals surface area (Å²) in [6.45, 7) is 0. The van der Waals surface area contributed by atoms with Crippen molar-refractivity contribution >= 4 is 70.8 Å². The molecule has 2 aromatic carbocycles. The van der Waals surface area contributed by atoms with E-state index in [4.69, 9.17) is 27.9 Å². The van der Waals surface area contributed by atoms with Crippen LogP contribution >= 0.6 is 23.2 Å². The number of aromatic nitrogens is 1. The molecule has 36 heavy (non-hydrogen) atoms. The number of alkyl halides is 3. The average molecular weight is 623 g/mol. The average Bonchev–Trinajstić information content (AvgIpc) is 2.81. The first-order valence-corrected chi connectivity index (χ1v) is 14.6. The number of sulfonamides is 1. The van der Waals surface area contributed by atoms with Crippen molar-refractivity contribution in [2.24, 2.45) is 0 Å². The number of anilines is 1. The van der Waals surface area contributed by atoms with Gasteiger partial charge in [0.05, 0.1) is 0 Å². The van der Waals surface area contributed by atoms with Gasteiger partial charge in [0, 0.05) is 0 Å². The molecule has 0 spiro atoms. The quantitative estimate of drug-likeness (QED) is 0.228. The number of hydrogen-bond donors (Lipinski definition) is 1. The number of pyridine rings is 1. The molecule has 0 saturated carbocycles. The summed E-state index contributed by atoms with van der Waals surface area (Å²) in [6, 6.07) is 9.84. The van der Waals surface area contributed by atoms with Gasteiger partial charge in [0.15, 0.2) is 0 Å². The van der Waals surface area contributed by atoms with E-state index in [1.165, 1.54) is 7.11 Å². The van der Waals surface area contributed by atoms with Gasteiger partial charge in [-0.1, -0.05) is 0 Å². The number of benzene rings is 2. The second kappa shape index (κ2) is 11.2. The third-order valence-electron chi connectivity index (χ3n) is 4.69. The van der Waals surface area contributed by atoms with E-state index in [2.05, 4.69) is 9.71 Å². The number of ketones is 1. The molecule has 3 rings (SSSR count). The first kappa shape index (κ1) is 28.0. The van der Waals surface area contributed by atoms with Crippen LogP contribution in [0.5, 0.6) is 0 Å². The van der Waals surface area contributed by atoms with Gasteiger partial charge < -0.3 is 0 Å². The Balaban J connectivity index is 1.90. The number of carbonyl (C=O) groups is 2. The minimum absolute atomic E-state index is 0.0107. The predicted molar refractivity (Wildman–Crippen MR) is 130 cm³/mol. The number of nitrogens with zero attached hydrogens (tertiary/aromatic N) is 1. The summed E-state index contributed by atoms with van der Waals surface area (Å²) in [6.07, 6.45) is -3.75. The Morgan fingerprint density at radius 3 is 2.47 bits per heavy atom. The van der Waals surface area contributed by atoms with Crippen LogP contribution in [-0.2, 0) is 20.9 Å². The van der Waals surface area contributed by atoms with Crippen molar-refractivity contribution in [2.75, 3.05) is 11.8 Å². The van der Waals surface area contributed by atoms with E-state index >= 15 is 0 Å². The van der Waals surface area contributed by atoms with Crippen LogP contribution in [0.1, 0.15) is 26.4 Å². The number of esters is 1. The van der Waals surface area contributed by atoms with Crippen molar-refractivity contribution in [1.82, 2.24) is 4.98 Å². The topological polar surface area (TPSA) is 102 Å². The molecule has 0 aliphatic rings. The van der Waals surface area contributed by atoms with Crippen LogP contribution in [0.3, 0.4) is 0 Å². The fourth-order valence-electron chi connectivity index (χ4n) is 3.02. The molecule has 190 valence electrons. The second-order valence-corrected chi connectivity index (χ2v) is 12.2. The van der Waals surface area contributed by atoms with Crippen LogP contribution in [0.15, 0.2) is 59.6 Å². The summed E-state index contributed by atoms with van der Waals surface area (Å²) >= 11 is 10.3. The molecule has 0 saturated heterocycles. The summed E-state index contributed by atoms with van der Waals surface area (Å²) in [7, 11) is -3.35. The third kappa shape index (κ3) is 6.59. The molecular weight excluding hydrogens is 607 g/mol. The Kier molecular flexibility index (Phi) is 8.71. The van der Waals surface area contributed by atoms with E-state index in [1.807, 2.05) is 0 Å². The molecule has 0 aliphatic carbocycles. The van der Waals surface area contributed by atoms with E-state index in [9.17, 15) is 31.2 Å². The van der Waals surface area contributed by atoms with E-state index in [1.54, 1.807) is 24.3 Å². The van der Waals surface area contributed by atoms with Crippen molar-refractivity contribution in [3.63, 3.8) is 0 Å². The number of Topliss-reactive ketones (excluding diaryl/α,β-unsaturated/α-hetero) is 1. The number of halogens is 5. The molecule has 0 fully saturated rings. The van der Waals surface area contributed by atoms with Crippen molar-refractivity contribution in [3.05, 3.63) is 81.6 Å². The van der Waals surface area contributed by atoms with Crippen molar-refractivity contribution in [2.45, 2.75) is 16.3 Å². The van der Waals surface area contributed by atoms with Crippen LogP contribution in [0.25, 0.3) is 0 Å². The maximum atomic E-state index is 13.2. The van der Waals surface area contributed by atoms with E-state index < -0.39 is 59.2 Å². The van der Waals surface area contributed by atoms with Gasteiger partial charge in [-0.3, -0.25) is 0 Å². The summed E-state index contributed by atoms with van der Waals surface area (Å²) < 4.78 is 72.8. The molecule has 1 heterocycles. The Bertz CT molecular complexity index is 1440. The molecule has 0 bridgehead atoms. The third-order valence-corrected chi connectivity index (χ3v) is 9.35.